The third-order valence-corrected chi connectivity index (χ3v) is 5.54. The molecule has 1 heterocycles. The van der Waals surface area contributed by atoms with Gasteiger partial charge in [-0.05, 0) is 0 Å². The number of aromatic amines is 1. The summed E-state index contributed by atoms with van der Waals surface area (Å²) in [7, 11) is 0. The fraction of sp³-hybridized carbons (Fsp3) is 0.429. The zero-order valence-corrected chi connectivity index (χ0v) is 12.1. The summed E-state index contributed by atoms with van der Waals surface area (Å²) in [6.45, 7) is 8.91. The van der Waals surface area contributed by atoms with Crippen molar-refractivity contribution in [2.24, 2.45) is 5.92 Å². The van der Waals surface area contributed by atoms with E-state index in [9.17, 15) is 0 Å². The van der Waals surface area contributed by atoms with E-state index in [0.29, 0.717) is 5.92 Å². The maximum absolute atomic E-state index is 3.41. The van der Waals surface area contributed by atoms with Gasteiger partial charge in [0.15, 0.2) is 0 Å². The van der Waals surface area contributed by atoms with Crippen LogP contribution in [-0.2, 0) is 17.1 Å². The molecular weight excluding hydrogens is 283 g/mol. The molecule has 88 valence electrons. The predicted octanol–water partition coefficient (Wildman–Crippen LogP) is 3.21. The van der Waals surface area contributed by atoms with Crippen LogP contribution in [0.3, 0.4) is 0 Å². The molecule has 0 atom stereocenters. The van der Waals surface area contributed by atoms with Gasteiger partial charge in [-0.1, -0.05) is 0 Å². The number of aromatic nitrogens is 1. The van der Waals surface area contributed by atoms with E-state index in [2.05, 4.69) is 50.9 Å². The van der Waals surface area contributed by atoms with E-state index in [1.165, 1.54) is 17.8 Å². The van der Waals surface area contributed by atoms with Gasteiger partial charge in [0, 0.05) is 0 Å². The van der Waals surface area contributed by atoms with Crippen molar-refractivity contribution in [3.05, 3.63) is 39.3 Å². The van der Waals surface area contributed by atoms with E-state index in [0.717, 1.165) is 0 Å². The fourth-order valence-electron chi connectivity index (χ4n) is 1.97. The number of hydrogen-bond donors (Lipinski definition) is 1. The van der Waals surface area contributed by atoms with E-state index in [1.54, 1.807) is 13.9 Å². The molecule has 1 aliphatic rings. The van der Waals surface area contributed by atoms with Crippen LogP contribution in [0.1, 0.15) is 31.7 Å². The molecule has 1 aromatic rings. The Balaban J connectivity index is 2.22. The van der Waals surface area contributed by atoms with Crippen LogP contribution >= 0.6 is 0 Å². The van der Waals surface area contributed by atoms with Crippen LogP contribution in [0.5, 0.6) is 0 Å². The van der Waals surface area contributed by atoms with Crippen molar-refractivity contribution in [1.29, 1.82) is 0 Å². The first kappa shape index (κ1) is 11.9. The first-order chi connectivity index (χ1) is 7.58. The van der Waals surface area contributed by atoms with Crippen LogP contribution in [0.15, 0.2) is 28.0 Å². The Morgan fingerprint density at radius 2 is 2.06 bits per heavy atom. The Morgan fingerprint density at radius 3 is 2.62 bits per heavy atom. The van der Waals surface area contributed by atoms with Crippen LogP contribution in [0.2, 0.25) is 0 Å². The molecule has 0 saturated carbocycles. The minimum atomic E-state index is 0.230. The van der Waals surface area contributed by atoms with E-state index >= 15 is 0 Å². The van der Waals surface area contributed by atoms with Crippen molar-refractivity contribution in [3.8, 4) is 0 Å². The molecule has 16 heavy (non-hydrogen) atoms. The van der Waals surface area contributed by atoms with Gasteiger partial charge in [0.25, 0.3) is 0 Å². The number of hydrogen-bond acceptors (Lipinski definition) is 0. The molecule has 1 nitrogen and oxygen atoms in total. The molecule has 0 radical (unpaired) electrons. The molecule has 0 aromatic carbocycles. The van der Waals surface area contributed by atoms with Crippen molar-refractivity contribution >= 4 is 4.16 Å². The molecule has 0 aliphatic heterocycles. The van der Waals surface area contributed by atoms with Gasteiger partial charge in [0.05, 0.1) is 0 Å². The molecule has 1 aliphatic carbocycles. The van der Waals surface area contributed by atoms with Crippen LogP contribution in [0.25, 0.3) is 0 Å². The number of rotatable bonds is 3. The van der Waals surface area contributed by atoms with Crippen LogP contribution < -0.4 is 4.16 Å². The molecule has 0 unspecified atom stereocenters. The van der Waals surface area contributed by atoms with Gasteiger partial charge in [-0.3, -0.25) is 0 Å². The Bertz CT molecular complexity index is 449. The van der Waals surface area contributed by atoms with Crippen LogP contribution in [0.4, 0.5) is 0 Å². The third-order valence-electron chi connectivity index (χ3n) is 2.79. The van der Waals surface area contributed by atoms with Gasteiger partial charge in [0.2, 0.25) is 0 Å². The van der Waals surface area contributed by atoms with Crippen LogP contribution in [-0.4, -0.2) is 4.98 Å². The number of nitrogens with one attached hydrogen (secondary N) is 1. The topological polar surface area (TPSA) is 15.8 Å². The molecule has 0 spiro atoms. The van der Waals surface area contributed by atoms with Gasteiger partial charge in [-0.25, -0.2) is 0 Å². The van der Waals surface area contributed by atoms with Gasteiger partial charge in [-0.15, -0.1) is 0 Å². The first-order valence-corrected chi connectivity index (χ1v) is 7.50. The summed E-state index contributed by atoms with van der Waals surface area (Å²) in [6.07, 6.45) is 5.81. The van der Waals surface area contributed by atoms with Crippen molar-refractivity contribution in [2.45, 2.75) is 34.1 Å². The molecule has 0 fully saturated rings. The van der Waals surface area contributed by atoms with Gasteiger partial charge < -0.3 is 0 Å². The van der Waals surface area contributed by atoms with Gasteiger partial charge in [0.1, 0.15) is 0 Å². The summed E-state index contributed by atoms with van der Waals surface area (Å²) in [5.74, 6) is 0.670. The average Bonchev–Trinajstić information content (AvgIpc) is 2.75. The van der Waals surface area contributed by atoms with Crippen LogP contribution in [0, 0.1) is 19.8 Å². The van der Waals surface area contributed by atoms with E-state index < -0.39 is 0 Å². The normalized spacial score (nSPS) is 15.8. The SMILES string of the molecule is Cc1c[c]([Ru][C]2=C(C(C)C)C=CC2)c(C)[nH]1. The summed E-state index contributed by atoms with van der Waals surface area (Å²) in [6, 6.07) is 2.32. The fourth-order valence-corrected chi connectivity index (χ4v) is 4.75. The van der Waals surface area contributed by atoms with Crippen molar-refractivity contribution in [3.63, 3.8) is 0 Å². The molecule has 2 rings (SSSR count). The number of aryl methyl sites for hydroxylation is 2. The number of allylic oxidation sites excluding steroid dienone is 4. The van der Waals surface area contributed by atoms with E-state index in [-0.39, 0.29) is 17.1 Å². The molecule has 0 bridgehead atoms. The Labute approximate surface area is 106 Å². The first-order valence-electron chi connectivity index (χ1n) is 5.76. The standard InChI is InChI=1S/C8H11.C6H8N.Ru/c1-7(2)8-5-3-4-6-8;1-5-3-4-6(2)7-5;/h3,5,7H,4H2,1-2H3;3,7H,1-2H3;. The zero-order valence-electron chi connectivity index (χ0n) is 10.4. The zero-order chi connectivity index (χ0) is 11.7. The minimum absolute atomic E-state index is 0.230. The summed E-state index contributed by atoms with van der Waals surface area (Å²) in [4.78, 5) is 3.41. The van der Waals surface area contributed by atoms with Crippen molar-refractivity contribution < 1.29 is 17.1 Å². The molecule has 0 saturated heterocycles. The average molecular weight is 302 g/mol. The molecular formula is C14H19NRu. The summed E-state index contributed by atoms with van der Waals surface area (Å²) in [5.41, 5.74) is 4.23. The summed E-state index contributed by atoms with van der Waals surface area (Å²) >= 11 is 0.230. The second kappa shape index (κ2) is 4.71. The number of H-pyrrole nitrogens is 1. The Hall–Kier alpha value is -0.617. The third kappa shape index (κ3) is 2.38. The van der Waals surface area contributed by atoms with Gasteiger partial charge >= 0.3 is 106 Å². The van der Waals surface area contributed by atoms with E-state index in [4.69, 9.17) is 0 Å². The van der Waals surface area contributed by atoms with E-state index in [1.807, 2.05) is 0 Å². The maximum atomic E-state index is 3.41. The second-order valence-corrected chi connectivity index (χ2v) is 7.03. The Kier molecular flexibility index (Phi) is 3.49. The molecule has 2 heteroatoms. The quantitative estimate of drug-likeness (QED) is 0.825. The summed E-state index contributed by atoms with van der Waals surface area (Å²) in [5, 5.41) is 0. The van der Waals surface area contributed by atoms with Crippen molar-refractivity contribution in [1.82, 2.24) is 4.98 Å². The molecule has 1 aromatic heterocycles. The monoisotopic (exact) mass is 303 g/mol. The molecule has 1 N–H and O–H groups in total. The predicted molar refractivity (Wildman–Crippen MR) is 65.5 cm³/mol. The van der Waals surface area contributed by atoms with Gasteiger partial charge in [-0.2, -0.15) is 0 Å². The Morgan fingerprint density at radius 1 is 1.31 bits per heavy atom. The molecule has 0 amide bonds. The second-order valence-electron chi connectivity index (χ2n) is 4.61. The summed E-state index contributed by atoms with van der Waals surface area (Å²) < 4.78 is 3.23. The van der Waals surface area contributed by atoms with Crippen molar-refractivity contribution in [2.75, 3.05) is 0 Å².